The number of aliphatic hydroxyl groups excluding tert-OH is 1. The number of amides is 1. The second kappa shape index (κ2) is 7.14. The fourth-order valence-electron chi connectivity index (χ4n) is 2.41. The molecule has 1 aromatic carbocycles. The summed E-state index contributed by atoms with van der Waals surface area (Å²) in [7, 11) is 0. The molecule has 4 heteroatoms. The number of carbonyl (C=O) groups excluding carboxylic acids is 1. The number of aliphatic hydroxyl groups is 1. The molecule has 0 bridgehead atoms. The zero-order chi connectivity index (χ0) is 13.5. The summed E-state index contributed by atoms with van der Waals surface area (Å²) in [6.45, 7) is 0.773. The quantitative estimate of drug-likeness (QED) is 0.877. The van der Waals surface area contributed by atoms with Gasteiger partial charge in [0.2, 0.25) is 0 Å². The number of carbonyl (C=O) groups is 1. The average molecular weight is 263 g/mol. The summed E-state index contributed by atoms with van der Waals surface area (Å²) in [5, 5.41) is 12.5. The fourth-order valence-corrected chi connectivity index (χ4v) is 2.41. The Kier molecular flexibility index (Phi) is 5.21. The standard InChI is InChI=1S/C15H21NO3/c17-14-9-5-4-8-13(14)10-16-15(18)19-11-12-6-2-1-3-7-12/h1-3,6-7,13-14,17H,4-5,8-11H2,(H,16,18). The predicted octanol–water partition coefficient (Wildman–Crippen LogP) is 2.46. The van der Waals surface area contributed by atoms with E-state index < -0.39 is 6.09 Å². The average Bonchev–Trinajstić information content (AvgIpc) is 2.45. The highest BCUT2D eigenvalue weighted by atomic mass is 16.5. The van der Waals surface area contributed by atoms with Crippen LogP contribution in [0.2, 0.25) is 0 Å². The van der Waals surface area contributed by atoms with Crippen molar-refractivity contribution in [2.45, 2.75) is 38.4 Å². The first-order valence-corrected chi connectivity index (χ1v) is 6.88. The normalized spacial score (nSPS) is 22.8. The van der Waals surface area contributed by atoms with E-state index in [1.165, 1.54) is 0 Å². The molecular weight excluding hydrogens is 242 g/mol. The largest absolute Gasteiger partial charge is 0.445 e. The molecule has 0 spiro atoms. The maximum atomic E-state index is 11.6. The van der Waals surface area contributed by atoms with Crippen LogP contribution in [0.4, 0.5) is 4.79 Å². The van der Waals surface area contributed by atoms with Gasteiger partial charge in [0.25, 0.3) is 0 Å². The van der Waals surface area contributed by atoms with Gasteiger partial charge in [-0.25, -0.2) is 4.79 Å². The summed E-state index contributed by atoms with van der Waals surface area (Å²) in [6, 6.07) is 9.58. The van der Waals surface area contributed by atoms with Crippen LogP contribution in [0.5, 0.6) is 0 Å². The maximum Gasteiger partial charge on any atom is 0.407 e. The van der Waals surface area contributed by atoms with E-state index in [4.69, 9.17) is 4.74 Å². The van der Waals surface area contributed by atoms with E-state index in [1.807, 2.05) is 30.3 Å². The molecule has 1 aromatic rings. The minimum Gasteiger partial charge on any atom is -0.445 e. The Bertz CT molecular complexity index is 394. The molecule has 19 heavy (non-hydrogen) atoms. The van der Waals surface area contributed by atoms with Gasteiger partial charge in [0, 0.05) is 12.5 Å². The third kappa shape index (κ3) is 4.56. The molecule has 2 rings (SSSR count). The lowest BCUT2D eigenvalue weighted by Gasteiger charge is -2.27. The van der Waals surface area contributed by atoms with Crippen molar-refractivity contribution in [1.29, 1.82) is 0 Å². The SMILES string of the molecule is O=C(NCC1CCCCC1O)OCc1ccccc1. The Balaban J connectivity index is 1.67. The van der Waals surface area contributed by atoms with Crippen molar-refractivity contribution in [2.24, 2.45) is 5.92 Å². The van der Waals surface area contributed by atoms with Gasteiger partial charge in [-0.15, -0.1) is 0 Å². The molecule has 0 radical (unpaired) electrons. The van der Waals surface area contributed by atoms with Crippen molar-refractivity contribution in [1.82, 2.24) is 5.32 Å². The molecular formula is C15H21NO3. The van der Waals surface area contributed by atoms with Crippen molar-refractivity contribution in [3.63, 3.8) is 0 Å². The van der Waals surface area contributed by atoms with Gasteiger partial charge in [0.05, 0.1) is 6.10 Å². The Labute approximate surface area is 113 Å². The summed E-state index contributed by atoms with van der Waals surface area (Å²) in [5.74, 6) is 0.165. The van der Waals surface area contributed by atoms with Gasteiger partial charge in [0.1, 0.15) is 6.61 Å². The number of ether oxygens (including phenoxy) is 1. The van der Waals surface area contributed by atoms with Crippen molar-refractivity contribution in [3.05, 3.63) is 35.9 Å². The van der Waals surface area contributed by atoms with Crippen LogP contribution in [0.25, 0.3) is 0 Å². The molecule has 1 fully saturated rings. The zero-order valence-corrected chi connectivity index (χ0v) is 11.0. The van der Waals surface area contributed by atoms with Crippen LogP contribution in [-0.4, -0.2) is 23.8 Å². The molecule has 1 aliphatic carbocycles. The summed E-state index contributed by atoms with van der Waals surface area (Å²) < 4.78 is 5.12. The summed E-state index contributed by atoms with van der Waals surface area (Å²) >= 11 is 0. The van der Waals surface area contributed by atoms with E-state index in [-0.39, 0.29) is 18.6 Å². The summed E-state index contributed by atoms with van der Waals surface area (Å²) in [4.78, 5) is 11.6. The molecule has 1 amide bonds. The number of rotatable bonds is 4. The smallest absolute Gasteiger partial charge is 0.407 e. The van der Waals surface area contributed by atoms with Crippen molar-refractivity contribution in [2.75, 3.05) is 6.54 Å². The van der Waals surface area contributed by atoms with Gasteiger partial charge in [-0.1, -0.05) is 43.2 Å². The Morgan fingerprint density at radius 3 is 2.74 bits per heavy atom. The Morgan fingerprint density at radius 1 is 1.26 bits per heavy atom. The topological polar surface area (TPSA) is 58.6 Å². The van der Waals surface area contributed by atoms with E-state index in [1.54, 1.807) is 0 Å². The van der Waals surface area contributed by atoms with E-state index >= 15 is 0 Å². The van der Waals surface area contributed by atoms with Gasteiger partial charge in [-0.2, -0.15) is 0 Å². The molecule has 1 aliphatic rings. The molecule has 0 aliphatic heterocycles. The number of benzene rings is 1. The number of alkyl carbamates (subject to hydrolysis) is 1. The molecule has 2 unspecified atom stereocenters. The molecule has 0 heterocycles. The number of nitrogens with one attached hydrogen (secondary N) is 1. The first kappa shape index (κ1) is 13.9. The number of hydrogen-bond donors (Lipinski definition) is 2. The minimum atomic E-state index is -0.415. The van der Waals surface area contributed by atoms with Gasteiger partial charge in [0.15, 0.2) is 0 Å². The van der Waals surface area contributed by atoms with Gasteiger partial charge < -0.3 is 15.2 Å². The van der Waals surface area contributed by atoms with Crippen LogP contribution in [0, 0.1) is 5.92 Å². The van der Waals surface area contributed by atoms with Crippen LogP contribution >= 0.6 is 0 Å². The zero-order valence-electron chi connectivity index (χ0n) is 11.0. The van der Waals surface area contributed by atoms with Gasteiger partial charge >= 0.3 is 6.09 Å². The third-order valence-electron chi connectivity index (χ3n) is 3.59. The molecule has 4 nitrogen and oxygen atoms in total. The molecule has 0 aromatic heterocycles. The van der Waals surface area contributed by atoms with Crippen LogP contribution in [0.3, 0.4) is 0 Å². The van der Waals surface area contributed by atoms with Crippen molar-refractivity contribution in [3.8, 4) is 0 Å². The second-order valence-electron chi connectivity index (χ2n) is 5.05. The van der Waals surface area contributed by atoms with Crippen molar-refractivity contribution >= 4 is 6.09 Å². The highest BCUT2D eigenvalue weighted by molar-refractivity contribution is 5.67. The van der Waals surface area contributed by atoms with E-state index in [0.717, 1.165) is 31.2 Å². The van der Waals surface area contributed by atoms with Crippen LogP contribution in [0.1, 0.15) is 31.2 Å². The molecule has 2 atom stereocenters. The highest BCUT2D eigenvalue weighted by Gasteiger charge is 2.23. The molecule has 0 saturated heterocycles. The second-order valence-corrected chi connectivity index (χ2v) is 5.05. The molecule has 104 valence electrons. The lowest BCUT2D eigenvalue weighted by atomic mass is 9.86. The third-order valence-corrected chi connectivity index (χ3v) is 3.59. The van der Waals surface area contributed by atoms with Gasteiger partial charge in [-0.05, 0) is 18.4 Å². The lowest BCUT2D eigenvalue weighted by molar-refractivity contribution is 0.0673. The monoisotopic (exact) mass is 263 g/mol. The lowest BCUT2D eigenvalue weighted by Crippen LogP contribution is -2.36. The van der Waals surface area contributed by atoms with Crippen LogP contribution < -0.4 is 5.32 Å². The number of hydrogen-bond acceptors (Lipinski definition) is 3. The predicted molar refractivity (Wildman–Crippen MR) is 72.6 cm³/mol. The molecule has 2 N–H and O–H groups in total. The minimum absolute atomic E-state index is 0.165. The van der Waals surface area contributed by atoms with E-state index in [9.17, 15) is 9.90 Å². The Morgan fingerprint density at radius 2 is 2.00 bits per heavy atom. The van der Waals surface area contributed by atoms with Gasteiger partial charge in [-0.3, -0.25) is 0 Å². The first-order chi connectivity index (χ1) is 9.25. The first-order valence-electron chi connectivity index (χ1n) is 6.88. The molecule has 1 saturated carbocycles. The van der Waals surface area contributed by atoms with E-state index in [2.05, 4.69) is 5.32 Å². The van der Waals surface area contributed by atoms with Crippen LogP contribution in [-0.2, 0) is 11.3 Å². The van der Waals surface area contributed by atoms with E-state index in [0.29, 0.717) is 6.54 Å². The Hall–Kier alpha value is -1.55. The van der Waals surface area contributed by atoms with Crippen LogP contribution in [0.15, 0.2) is 30.3 Å². The summed E-state index contributed by atoms with van der Waals surface area (Å²) in [5.41, 5.74) is 0.968. The van der Waals surface area contributed by atoms with Crippen molar-refractivity contribution < 1.29 is 14.6 Å². The maximum absolute atomic E-state index is 11.6. The summed E-state index contributed by atoms with van der Waals surface area (Å²) in [6.07, 6.45) is 3.31. The highest BCUT2D eigenvalue weighted by Crippen LogP contribution is 2.23. The fraction of sp³-hybridized carbons (Fsp3) is 0.533.